The maximum absolute atomic E-state index is 11.4. The van der Waals surface area contributed by atoms with Gasteiger partial charge in [0, 0.05) is 19.3 Å². The van der Waals surface area contributed by atoms with Crippen LogP contribution in [0.2, 0.25) is 0 Å². The topological polar surface area (TPSA) is 32.7 Å². The number of carbonyl (C=O) groups is 1. The Kier molecular flexibility index (Phi) is 10.8. The average molecular weight is 415 g/mol. The molecule has 4 heteroatoms. The summed E-state index contributed by atoms with van der Waals surface area (Å²) in [4.78, 5) is 18.2. The van der Waals surface area contributed by atoms with Crippen LogP contribution in [0.15, 0.2) is 52.5 Å². The van der Waals surface area contributed by atoms with Crippen molar-refractivity contribution in [3.63, 3.8) is 0 Å². The van der Waals surface area contributed by atoms with Gasteiger partial charge in [0.2, 0.25) is 0 Å². The lowest BCUT2D eigenvalue weighted by Gasteiger charge is -2.19. The van der Waals surface area contributed by atoms with Crippen LogP contribution in [0.1, 0.15) is 71.1 Å². The first-order chi connectivity index (χ1) is 14.1. The highest BCUT2D eigenvalue weighted by molar-refractivity contribution is 6.47. The highest BCUT2D eigenvalue weighted by atomic mass is 35.5. The molecule has 1 aromatic carbocycles. The number of ketones is 1. The number of carbonyl (C=O) groups excluding carboxylic acids is 1. The largest absolute Gasteiger partial charge is 0.375 e. The molecule has 158 valence electrons. The summed E-state index contributed by atoms with van der Waals surface area (Å²) >= 11 is 5.88. The SMILES string of the molecule is CCCCCCCCCCCCN(C)c1ccc(N=C2C=CC(=O)C(Cl)=C2)cc1. The number of halogens is 1. The molecule has 1 aliphatic carbocycles. The molecule has 3 nitrogen and oxygen atoms in total. The van der Waals surface area contributed by atoms with Gasteiger partial charge in [0.1, 0.15) is 0 Å². The fourth-order valence-corrected chi connectivity index (χ4v) is 3.63. The minimum Gasteiger partial charge on any atom is -0.375 e. The van der Waals surface area contributed by atoms with Crippen molar-refractivity contribution in [1.82, 2.24) is 0 Å². The van der Waals surface area contributed by atoms with Crippen molar-refractivity contribution in [3.05, 3.63) is 47.5 Å². The number of hydrogen-bond donors (Lipinski definition) is 0. The van der Waals surface area contributed by atoms with E-state index in [9.17, 15) is 4.79 Å². The third-order valence-electron chi connectivity index (χ3n) is 5.31. The van der Waals surface area contributed by atoms with Crippen LogP contribution in [-0.4, -0.2) is 25.1 Å². The molecule has 2 rings (SSSR count). The van der Waals surface area contributed by atoms with Gasteiger partial charge < -0.3 is 4.90 Å². The van der Waals surface area contributed by atoms with Crippen LogP contribution in [-0.2, 0) is 4.79 Å². The zero-order valence-electron chi connectivity index (χ0n) is 18.0. The molecular weight excluding hydrogens is 380 g/mol. The number of benzene rings is 1. The number of nitrogens with zero attached hydrogens (tertiary/aromatic N) is 2. The van der Waals surface area contributed by atoms with Crippen LogP contribution in [0.25, 0.3) is 0 Å². The van der Waals surface area contributed by atoms with Gasteiger partial charge in [-0.1, -0.05) is 76.3 Å². The number of unbranched alkanes of at least 4 members (excludes halogenated alkanes) is 9. The molecule has 0 saturated heterocycles. The Hall–Kier alpha value is -1.87. The number of rotatable bonds is 13. The molecular formula is C25H35ClN2O. The Morgan fingerprint density at radius 3 is 2.03 bits per heavy atom. The molecule has 0 bridgehead atoms. The van der Waals surface area contributed by atoms with Gasteiger partial charge in [-0.3, -0.25) is 4.79 Å². The molecule has 0 aliphatic heterocycles. The average Bonchev–Trinajstić information content (AvgIpc) is 2.72. The summed E-state index contributed by atoms with van der Waals surface area (Å²) in [5.74, 6) is -0.172. The zero-order valence-corrected chi connectivity index (χ0v) is 18.8. The van der Waals surface area contributed by atoms with Crippen molar-refractivity contribution < 1.29 is 4.79 Å². The van der Waals surface area contributed by atoms with Gasteiger partial charge in [-0.2, -0.15) is 0 Å². The number of aliphatic imine (C=N–C) groups is 1. The second-order valence-corrected chi connectivity index (χ2v) is 8.25. The van der Waals surface area contributed by atoms with Gasteiger partial charge in [-0.25, -0.2) is 4.99 Å². The first-order valence-corrected chi connectivity index (χ1v) is 11.5. The van der Waals surface area contributed by atoms with Crippen molar-refractivity contribution in [2.45, 2.75) is 71.1 Å². The van der Waals surface area contributed by atoms with Crippen LogP contribution in [0.4, 0.5) is 11.4 Å². The van der Waals surface area contributed by atoms with Crippen LogP contribution in [0, 0.1) is 0 Å². The predicted molar refractivity (Wildman–Crippen MR) is 127 cm³/mol. The zero-order chi connectivity index (χ0) is 20.9. The van der Waals surface area contributed by atoms with Crippen LogP contribution < -0.4 is 4.90 Å². The smallest absolute Gasteiger partial charge is 0.197 e. The highest BCUT2D eigenvalue weighted by Gasteiger charge is 2.09. The van der Waals surface area contributed by atoms with E-state index < -0.39 is 0 Å². The fraction of sp³-hybridized carbons (Fsp3) is 0.520. The number of allylic oxidation sites excluding steroid dienone is 4. The molecule has 0 N–H and O–H groups in total. The van der Waals surface area contributed by atoms with Crippen LogP contribution in [0.5, 0.6) is 0 Å². The molecule has 1 aliphatic rings. The fourth-order valence-electron chi connectivity index (χ4n) is 3.46. The molecule has 29 heavy (non-hydrogen) atoms. The van der Waals surface area contributed by atoms with Gasteiger partial charge in [-0.15, -0.1) is 0 Å². The highest BCUT2D eigenvalue weighted by Crippen LogP contribution is 2.21. The minimum absolute atomic E-state index is 0.172. The number of hydrogen-bond acceptors (Lipinski definition) is 3. The second-order valence-electron chi connectivity index (χ2n) is 7.85. The lowest BCUT2D eigenvalue weighted by molar-refractivity contribution is -0.110. The summed E-state index contributed by atoms with van der Waals surface area (Å²) < 4.78 is 0. The number of anilines is 1. The maximum Gasteiger partial charge on any atom is 0.197 e. The monoisotopic (exact) mass is 414 g/mol. The molecule has 0 fully saturated rings. The van der Waals surface area contributed by atoms with E-state index in [1.165, 1.54) is 76.0 Å². The lowest BCUT2D eigenvalue weighted by Crippen LogP contribution is -2.18. The van der Waals surface area contributed by atoms with Gasteiger partial charge in [0.25, 0.3) is 0 Å². The predicted octanol–water partition coefficient (Wildman–Crippen LogP) is 7.38. The van der Waals surface area contributed by atoms with Crippen LogP contribution in [0.3, 0.4) is 0 Å². The Labute approximate surface area is 181 Å². The summed E-state index contributed by atoms with van der Waals surface area (Å²) in [6.45, 7) is 3.35. The molecule has 0 atom stereocenters. The van der Waals surface area contributed by atoms with Gasteiger partial charge in [0.15, 0.2) is 5.78 Å². The Morgan fingerprint density at radius 1 is 0.862 bits per heavy atom. The van der Waals surface area contributed by atoms with Gasteiger partial charge in [-0.05, 0) is 48.9 Å². The van der Waals surface area contributed by atoms with Gasteiger partial charge >= 0.3 is 0 Å². The van der Waals surface area contributed by atoms with E-state index in [2.05, 4.69) is 36.0 Å². The summed E-state index contributed by atoms with van der Waals surface area (Å²) in [5, 5.41) is 0.207. The second kappa shape index (κ2) is 13.4. The Morgan fingerprint density at radius 2 is 1.45 bits per heavy atom. The third kappa shape index (κ3) is 8.99. The van der Waals surface area contributed by atoms with Crippen molar-refractivity contribution >= 4 is 34.5 Å². The standard InChI is InChI=1S/C25H35ClN2O/c1-3-4-5-6-7-8-9-10-11-12-19-28(2)23-16-13-21(14-17-23)27-22-15-18-25(29)24(26)20-22/h13-18,20H,3-12,19H2,1-2H3. The summed E-state index contributed by atoms with van der Waals surface area (Å²) in [7, 11) is 2.15. The molecule has 0 amide bonds. The minimum atomic E-state index is -0.172. The van der Waals surface area contributed by atoms with E-state index in [0.717, 1.165) is 12.2 Å². The maximum atomic E-state index is 11.4. The van der Waals surface area contributed by atoms with Crippen molar-refractivity contribution in [2.75, 3.05) is 18.5 Å². The quantitative estimate of drug-likeness (QED) is 0.249. The van der Waals surface area contributed by atoms with E-state index in [-0.39, 0.29) is 10.8 Å². The Balaban J connectivity index is 1.65. The lowest BCUT2D eigenvalue weighted by atomic mass is 10.1. The normalized spacial score (nSPS) is 15.1. The summed E-state index contributed by atoms with van der Waals surface area (Å²) in [6.07, 6.45) is 18.4. The van der Waals surface area contributed by atoms with Gasteiger partial charge in [0.05, 0.1) is 16.4 Å². The van der Waals surface area contributed by atoms with Crippen molar-refractivity contribution in [3.8, 4) is 0 Å². The third-order valence-corrected chi connectivity index (χ3v) is 5.61. The van der Waals surface area contributed by atoms with Crippen molar-refractivity contribution in [2.24, 2.45) is 4.99 Å². The molecule has 0 heterocycles. The van der Waals surface area contributed by atoms with E-state index in [4.69, 9.17) is 11.6 Å². The first kappa shape index (κ1) is 23.4. The van der Waals surface area contributed by atoms with E-state index in [1.54, 1.807) is 12.2 Å². The first-order valence-electron chi connectivity index (χ1n) is 11.1. The molecule has 1 aromatic rings. The molecule has 0 aromatic heterocycles. The molecule has 0 spiro atoms. The van der Waals surface area contributed by atoms with E-state index >= 15 is 0 Å². The molecule has 0 unspecified atom stereocenters. The van der Waals surface area contributed by atoms with Crippen LogP contribution >= 0.6 is 11.6 Å². The summed E-state index contributed by atoms with van der Waals surface area (Å²) in [6, 6.07) is 8.20. The molecule has 0 saturated carbocycles. The Bertz CT molecular complexity index is 719. The molecule has 0 radical (unpaired) electrons. The van der Waals surface area contributed by atoms with Crippen molar-refractivity contribution in [1.29, 1.82) is 0 Å². The summed E-state index contributed by atoms with van der Waals surface area (Å²) in [5.41, 5.74) is 2.75. The van der Waals surface area contributed by atoms with E-state index in [1.807, 2.05) is 12.1 Å². The van der Waals surface area contributed by atoms with E-state index in [0.29, 0.717) is 5.71 Å².